The average Bonchev–Trinajstić information content (AvgIpc) is 2.67. The minimum absolute atomic E-state index is 0.0867. The van der Waals surface area contributed by atoms with Crippen molar-refractivity contribution < 1.29 is 14.6 Å². The molecule has 1 N–H and O–H groups in total. The highest BCUT2D eigenvalue weighted by Crippen LogP contribution is 2.17. The van der Waals surface area contributed by atoms with Gasteiger partial charge >= 0.3 is 6.16 Å². The molecule has 1 atom stereocenters. The van der Waals surface area contributed by atoms with Gasteiger partial charge in [-0.2, -0.15) is 0 Å². The van der Waals surface area contributed by atoms with E-state index in [0.29, 0.717) is 0 Å². The molecule has 0 aromatic rings. The van der Waals surface area contributed by atoms with E-state index >= 15 is 0 Å². The third-order valence-corrected chi connectivity index (χ3v) is 5.78. The van der Waals surface area contributed by atoms with E-state index in [1.165, 1.54) is 109 Å². The molecule has 1 unspecified atom stereocenters. The number of hydrogen-bond acceptors (Lipinski definition) is 2. The summed E-state index contributed by atoms with van der Waals surface area (Å²) in [4.78, 5) is 10.9. The van der Waals surface area contributed by atoms with E-state index in [1.807, 2.05) is 0 Å². The number of hydrogen-bond donors (Lipinski definition) is 1. The Balaban J connectivity index is 3.49. The summed E-state index contributed by atoms with van der Waals surface area (Å²) in [5.41, 5.74) is 0. The van der Waals surface area contributed by atoms with Crippen LogP contribution >= 0.6 is 0 Å². The van der Waals surface area contributed by atoms with E-state index in [2.05, 4.69) is 13.8 Å². The molecule has 28 heavy (non-hydrogen) atoms. The summed E-state index contributed by atoms with van der Waals surface area (Å²) >= 11 is 0. The summed E-state index contributed by atoms with van der Waals surface area (Å²) in [7, 11) is 0. The van der Waals surface area contributed by atoms with Crippen molar-refractivity contribution in [3.63, 3.8) is 0 Å². The maximum atomic E-state index is 10.9. The molecule has 0 aromatic carbocycles. The van der Waals surface area contributed by atoms with Gasteiger partial charge in [0.15, 0.2) is 0 Å². The Morgan fingerprint density at radius 3 is 1.14 bits per heavy atom. The Morgan fingerprint density at radius 1 is 0.571 bits per heavy atom. The summed E-state index contributed by atoms with van der Waals surface area (Å²) < 4.78 is 5.10. The highest BCUT2D eigenvalue weighted by Gasteiger charge is 2.13. The maximum Gasteiger partial charge on any atom is 0.506 e. The number of rotatable bonds is 22. The lowest BCUT2D eigenvalue weighted by atomic mass is 10.0. The first kappa shape index (κ1) is 27.3. The van der Waals surface area contributed by atoms with Gasteiger partial charge in [0.2, 0.25) is 0 Å². The Hall–Kier alpha value is -0.730. The molecule has 0 aliphatic rings. The fourth-order valence-corrected chi connectivity index (χ4v) is 3.95. The van der Waals surface area contributed by atoms with Crippen LogP contribution in [0.2, 0.25) is 0 Å². The van der Waals surface area contributed by atoms with Crippen molar-refractivity contribution in [1.29, 1.82) is 0 Å². The van der Waals surface area contributed by atoms with Crippen LogP contribution < -0.4 is 0 Å². The minimum atomic E-state index is -1.11. The molecule has 0 aliphatic carbocycles. The van der Waals surface area contributed by atoms with E-state index in [-0.39, 0.29) is 6.10 Å². The Kier molecular flexibility index (Phi) is 22.0. The van der Waals surface area contributed by atoms with Gasteiger partial charge in [-0.15, -0.1) is 0 Å². The number of carbonyl (C=O) groups is 1. The fraction of sp³-hybridized carbons (Fsp3) is 0.960. The molecular weight excluding hydrogens is 348 g/mol. The van der Waals surface area contributed by atoms with Gasteiger partial charge in [0.25, 0.3) is 0 Å². The molecule has 0 fully saturated rings. The first-order chi connectivity index (χ1) is 13.7. The number of ether oxygens (including phenoxy) is 1. The molecule has 0 aromatic heterocycles. The standard InChI is InChI=1S/C25H50O3/c1-3-5-7-9-11-12-13-14-15-16-17-19-21-23-24(28-25(26)27)22-20-18-10-8-6-4-2/h24H,3-23H2,1-2H3,(H,26,27). The molecule has 168 valence electrons. The predicted molar refractivity (Wildman–Crippen MR) is 121 cm³/mol. The monoisotopic (exact) mass is 398 g/mol. The van der Waals surface area contributed by atoms with Crippen LogP contribution in [0.1, 0.15) is 149 Å². The van der Waals surface area contributed by atoms with E-state index < -0.39 is 6.16 Å². The Bertz CT molecular complexity index is 317. The first-order valence-corrected chi connectivity index (χ1v) is 12.6. The van der Waals surface area contributed by atoms with Crippen molar-refractivity contribution in [3.8, 4) is 0 Å². The molecule has 0 bridgehead atoms. The Morgan fingerprint density at radius 2 is 0.857 bits per heavy atom. The van der Waals surface area contributed by atoms with E-state index in [4.69, 9.17) is 9.84 Å². The molecular formula is C25H50O3. The molecule has 3 heteroatoms. The Labute approximate surface area is 176 Å². The normalized spacial score (nSPS) is 12.2. The van der Waals surface area contributed by atoms with Crippen molar-refractivity contribution in [2.45, 2.75) is 155 Å². The van der Waals surface area contributed by atoms with Crippen LogP contribution in [0.25, 0.3) is 0 Å². The zero-order chi connectivity index (χ0) is 20.7. The van der Waals surface area contributed by atoms with E-state index in [9.17, 15) is 4.79 Å². The van der Waals surface area contributed by atoms with Crippen LogP contribution in [0, 0.1) is 0 Å². The molecule has 0 aliphatic heterocycles. The SMILES string of the molecule is CCCCCCCCCCCCCCCC(CCCCCCCC)OC(=O)O. The summed E-state index contributed by atoms with van der Waals surface area (Å²) in [6.45, 7) is 4.50. The first-order valence-electron chi connectivity index (χ1n) is 12.6. The van der Waals surface area contributed by atoms with E-state index in [1.54, 1.807) is 0 Å². The van der Waals surface area contributed by atoms with Crippen LogP contribution in [0.3, 0.4) is 0 Å². The highest BCUT2D eigenvalue weighted by molar-refractivity contribution is 5.57. The zero-order valence-electron chi connectivity index (χ0n) is 19.2. The molecule has 0 saturated carbocycles. The molecule has 0 radical (unpaired) electrons. The number of carboxylic acid groups (broad SMARTS) is 1. The van der Waals surface area contributed by atoms with Gasteiger partial charge < -0.3 is 9.84 Å². The summed E-state index contributed by atoms with van der Waals surface area (Å²) in [6.07, 6.45) is 25.6. The van der Waals surface area contributed by atoms with Crippen LogP contribution in [0.4, 0.5) is 4.79 Å². The van der Waals surface area contributed by atoms with Crippen molar-refractivity contribution in [3.05, 3.63) is 0 Å². The fourth-order valence-electron chi connectivity index (χ4n) is 3.95. The topological polar surface area (TPSA) is 46.5 Å². The third kappa shape index (κ3) is 21.6. The van der Waals surface area contributed by atoms with Gasteiger partial charge in [-0.3, -0.25) is 0 Å². The molecule has 0 amide bonds. The molecule has 0 saturated heterocycles. The smallest absolute Gasteiger partial charge is 0.450 e. The second kappa shape index (κ2) is 22.6. The van der Waals surface area contributed by atoms with Gasteiger partial charge in [-0.1, -0.05) is 123 Å². The van der Waals surface area contributed by atoms with Crippen LogP contribution in [0.15, 0.2) is 0 Å². The van der Waals surface area contributed by atoms with Crippen molar-refractivity contribution in [2.24, 2.45) is 0 Å². The second-order valence-corrected chi connectivity index (χ2v) is 8.59. The van der Waals surface area contributed by atoms with Gasteiger partial charge in [0.1, 0.15) is 6.10 Å². The lowest BCUT2D eigenvalue weighted by Gasteiger charge is -2.15. The minimum Gasteiger partial charge on any atom is -0.450 e. The van der Waals surface area contributed by atoms with Crippen LogP contribution in [0.5, 0.6) is 0 Å². The quantitative estimate of drug-likeness (QED) is 0.146. The molecule has 0 rings (SSSR count). The maximum absolute atomic E-state index is 10.9. The summed E-state index contributed by atoms with van der Waals surface area (Å²) in [5, 5.41) is 8.94. The third-order valence-electron chi connectivity index (χ3n) is 5.78. The van der Waals surface area contributed by atoms with E-state index in [0.717, 1.165) is 25.7 Å². The lowest BCUT2D eigenvalue weighted by molar-refractivity contribution is 0.0422. The van der Waals surface area contributed by atoms with Crippen molar-refractivity contribution >= 4 is 6.16 Å². The molecule has 3 nitrogen and oxygen atoms in total. The van der Waals surface area contributed by atoms with Crippen LogP contribution in [-0.4, -0.2) is 17.4 Å². The lowest BCUT2D eigenvalue weighted by Crippen LogP contribution is -2.16. The molecule has 0 spiro atoms. The van der Waals surface area contributed by atoms with Gasteiger partial charge in [0, 0.05) is 0 Å². The van der Waals surface area contributed by atoms with Crippen molar-refractivity contribution in [1.82, 2.24) is 0 Å². The largest absolute Gasteiger partial charge is 0.506 e. The zero-order valence-corrected chi connectivity index (χ0v) is 19.2. The van der Waals surface area contributed by atoms with Crippen LogP contribution in [-0.2, 0) is 4.74 Å². The average molecular weight is 399 g/mol. The highest BCUT2D eigenvalue weighted by atomic mass is 16.7. The summed E-state index contributed by atoms with van der Waals surface area (Å²) in [5.74, 6) is 0. The molecule has 0 heterocycles. The predicted octanol–water partition coefficient (Wildman–Crippen LogP) is 9.28. The summed E-state index contributed by atoms with van der Waals surface area (Å²) in [6, 6.07) is 0. The van der Waals surface area contributed by atoms with Gasteiger partial charge in [0.05, 0.1) is 0 Å². The van der Waals surface area contributed by atoms with Gasteiger partial charge in [-0.05, 0) is 25.7 Å². The van der Waals surface area contributed by atoms with Crippen molar-refractivity contribution in [2.75, 3.05) is 0 Å². The number of unbranched alkanes of at least 4 members (excludes halogenated alkanes) is 17. The van der Waals surface area contributed by atoms with Gasteiger partial charge in [-0.25, -0.2) is 4.79 Å². The second-order valence-electron chi connectivity index (χ2n) is 8.59.